The Bertz CT molecular complexity index is 1200. The predicted molar refractivity (Wildman–Crippen MR) is 130 cm³/mol. The number of carboxylic acid groups (broad SMARTS) is 1. The molecule has 8 nitrogen and oxygen atoms in total. The van der Waals surface area contributed by atoms with Gasteiger partial charge in [0.2, 0.25) is 0 Å². The minimum absolute atomic E-state index is 0.0992. The molecule has 0 saturated heterocycles. The van der Waals surface area contributed by atoms with E-state index in [-0.39, 0.29) is 23.1 Å². The largest absolute Gasteiger partial charge is 0.481 e. The minimum atomic E-state index is -2.67. The number of amides is 1. The van der Waals surface area contributed by atoms with Gasteiger partial charge in [0, 0.05) is 54.2 Å². The zero-order valence-corrected chi connectivity index (χ0v) is 19.4. The summed E-state index contributed by atoms with van der Waals surface area (Å²) in [4.78, 5) is 36.3. The zero-order chi connectivity index (χ0) is 25.9. The highest BCUT2D eigenvalue weighted by molar-refractivity contribution is 6.04. The van der Waals surface area contributed by atoms with Gasteiger partial charge in [-0.15, -0.1) is 0 Å². The Kier molecular flexibility index (Phi) is 6.42. The maximum absolute atomic E-state index is 12.5. The Labute approximate surface area is 196 Å². The monoisotopic (exact) mass is 449 g/mol. The third kappa shape index (κ3) is 6.06. The van der Waals surface area contributed by atoms with Crippen LogP contribution in [0.5, 0.6) is 0 Å². The van der Waals surface area contributed by atoms with Crippen molar-refractivity contribution in [3.63, 3.8) is 0 Å². The fourth-order valence-corrected chi connectivity index (χ4v) is 3.22. The second-order valence-electron chi connectivity index (χ2n) is 8.07. The number of nitrogens with zero attached hydrogens (tertiary/aromatic N) is 4. The summed E-state index contributed by atoms with van der Waals surface area (Å²) in [6.45, 7) is 1.96. The molecule has 2 aromatic carbocycles. The number of benzene rings is 2. The third-order valence-electron chi connectivity index (χ3n) is 4.88. The Balaban J connectivity index is 1.87. The molecule has 0 aliphatic heterocycles. The molecule has 0 aliphatic carbocycles. The van der Waals surface area contributed by atoms with Crippen molar-refractivity contribution in [3.05, 3.63) is 76.6 Å². The summed E-state index contributed by atoms with van der Waals surface area (Å²) in [6, 6.07) is 14.6. The van der Waals surface area contributed by atoms with Gasteiger partial charge >= 0.3 is 5.97 Å². The van der Waals surface area contributed by atoms with Crippen molar-refractivity contribution in [2.45, 2.75) is 19.7 Å². The Morgan fingerprint density at radius 3 is 1.97 bits per heavy atom. The van der Waals surface area contributed by atoms with E-state index in [0.717, 1.165) is 11.1 Å². The standard InChI is InChI=1S/C25H29N5O3/c1-16-6-10-18(11-7-16)25(33)26-19-12-8-17(9-13-19)14-21-27-23(29(2)3)20(15-22(31)32)24(28-21)30(4)5/h6-13H,14-15H2,1-5H3,(H,26,33)(H,31,32)/i15D2. The molecular formula is C25H29N5O3. The van der Waals surface area contributed by atoms with Crippen LogP contribution >= 0.6 is 0 Å². The molecule has 3 aromatic rings. The van der Waals surface area contributed by atoms with E-state index >= 15 is 0 Å². The van der Waals surface area contributed by atoms with Gasteiger partial charge < -0.3 is 20.2 Å². The number of nitrogens with one attached hydrogen (secondary N) is 1. The lowest BCUT2D eigenvalue weighted by Crippen LogP contribution is -2.22. The number of aryl methyl sites for hydroxylation is 1. The number of rotatable bonds is 8. The first-order valence-electron chi connectivity index (χ1n) is 11.4. The first kappa shape index (κ1) is 20.9. The van der Waals surface area contributed by atoms with E-state index in [0.29, 0.717) is 23.5 Å². The first-order valence-corrected chi connectivity index (χ1v) is 10.4. The van der Waals surface area contributed by atoms with Crippen LogP contribution in [0.3, 0.4) is 0 Å². The van der Waals surface area contributed by atoms with E-state index in [2.05, 4.69) is 15.3 Å². The average Bonchev–Trinajstić information content (AvgIpc) is 2.79. The maximum Gasteiger partial charge on any atom is 0.308 e. The van der Waals surface area contributed by atoms with Gasteiger partial charge in [0.05, 0.1) is 6.37 Å². The number of hydrogen-bond acceptors (Lipinski definition) is 6. The first-order chi connectivity index (χ1) is 16.4. The van der Waals surface area contributed by atoms with E-state index in [1.54, 1.807) is 62.3 Å². The van der Waals surface area contributed by atoms with E-state index < -0.39 is 12.3 Å². The highest BCUT2D eigenvalue weighted by Crippen LogP contribution is 2.27. The Morgan fingerprint density at radius 2 is 1.48 bits per heavy atom. The van der Waals surface area contributed by atoms with Gasteiger partial charge in [0.1, 0.15) is 17.5 Å². The van der Waals surface area contributed by atoms with Crippen molar-refractivity contribution >= 4 is 29.2 Å². The van der Waals surface area contributed by atoms with Crippen molar-refractivity contribution < 1.29 is 17.4 Å². The maximum atomic E-state index is 12.5. The van der Waals surface area contributed by atoms with Gasteiger partial charge in [-0.2, -0.15) is 0 Å². The van der Waals surface area contributed by atoms with Crippen LogP contribution in [0.4, 0.5) is 17.3 Å². The van der Waals surface area contributed by atoms with Crippen molar-refractivity contribution in [2.75, 3.05) is 43.3 Å². The summed E-state index contributed by atoms with van der Waals surface area (Å²) in [5.74, 6) is -0.987. The van der Waals surface area contributed by atoms with Crippen molar-refractivity contribution in [1.82, 2.24) is 9.97 Å². The van der Waals surface area contributed by atoms with E-state index in [9.17, 15) is 14.7 Å². The van der Waals surface area contributed by atoms with Crippen LogP contribution in [-0.2, 0) is 17.6 Å². The van der Waals surface area contributed by atoms with E-state index in [4.69, 9.17) is 2.74 Å². The van der Waals surface area contributed by atoms with Crippen LogP contribution in [0.2, 0.25) is 0 Å². The number of hydrogen-bond donors (Lipinski definition) is 2. The average molecular weight is 450 g/mol. The Hall–Kier alpha value is -3.94. The number of aliphatic carboxylic acids is 1. The molecule has 0 atom stereocenters. The summed E-state index contributed by atoms with van der Waals surface area (Å²) >= 11 is 0. The summed E-state index contributed by atoms with van der Waals surface area (Å²) in [5.41, 5.74) is 3.07. The molecular weight excluding hydrogens is 418 g/mol. The summed E-state index contributed by atoms with van der Waals surface area (Å²) < 4.78 is 16.3. The normalized spacial score (nSPS) is 11.9. The molecule has 2 N–H and O–H groups in total. The molecule has 0 aliphatic rings. The van der Waals surface area contributed by atoms with Crippen LogP contribution in [0.1, 0.15) is 35.6 Å². The van der Waals surface area contributed by atoms with Crippen LogP contribution in [0, 0.1) is 6.92 Å². The molecule has 0 saturated carbocycles. The second kappa shape index (κ2) is 10.1. The van der Waals surface area contributed by atoms with Gasteiger partial charge in [-0.1, -0.05) is 29.8 Å². The lowest BCUT2D eigenvalue weighted by molar-refractivity contribution is -0.136. The van der Waals surface area contributed by atoms with Gasteiger partial charge in [-0.25, -0.2) is 9.97 Å². The molecule has 1 aromatic heterocycles. The number of carbonyl (C=O) groups is 2. The molecule has 0 unspecified atom stereocenters. The topological polar surface area (TPSA) is 98.7 Å². The molecule has 1 heterocycles. The molecule has 0 fully saturated rings. The number of carboxylic acids is 1. The molecule has 172 valence electrons. The van der Waals surface area contributed by atoms with Gasteiger partial charge in [0.25, 0.3) is 5.91 Å². The fourth-order valence-electron chi connectivity index (χ4n) is 3.22. The van der Waals surface area contributed by atoms with E-state index in [1.165, 1.54) is 0 Å². The van der Waals surface area contributed by atoms with Crippen LogP contribution < -0.4 is 15.1 Å². The predicted octanol–water partition coefficient (Wildman–Crippen LogP) is 3.39. The molecule has 0 bridgehead atoms. The lowest BCUT2D eigenvalue weighted by atomic mass is 10.1. The third-order valence-corrected chi connectivity index (χ3v) is 4.88. The molecule has 3 rings (SSSR count). The molecule has 0 spiro atoms. The lowest BCUT2D eigenvalue weighted by Gasteiger charge is -2.22. The fraction of sp³-hybridized carbons (Fsp3) is 0.280. The molecule has 1 amide bonds. The van der Waals surface area contributed by atoms with Crippen molar-refractivity contribution in [2.24, 2.45) is 0 Å². The Morgan fingerprint density at radius 1 is 0.939 bits per heavy atom. The number of anilines is 3. The van der Waals surface area contributed by atoms with E-state index in [1.807, 2.05) is 31.2 Å². The smallest absolute Gasteiger partial charge is 0.308 e. The van der Waals surface area contributed by atoms with Gasteiger partial charge in [-0.3, -0.25) is 9.59 Å². The van der Waals surface area contributed by atoms with Crippen LogP contribution in [0.15, 0.2) is 48.5 Å². The zero-order valence-electron chi connectivity index (χ0n) is 21.4. The molecule has 0 radical (unpaired) electrons. The summed E-state index contributed by atoms with van der Waals surface area (Å²) in [5, 5.41) is 12.4. The molecule has 33 heavy (non-hydrogen) atoms. The second-order valence-corrected chi connectivity index (χ2v) is 8.07. The summed E-state index contributed by atoms with van der Waals surface area (Å²) in [6.07, 6.45) is -2.33. The number of carbonyl (C=O) groups excluding carboxylic acids is 1. The van der Waals surface area contributed by atoms with Crippen LogP contribution in [-0.4, -0.2) is 55.1 Å². The van der Waals surface area contributed by atoms with Gasteiger partial charge in [0.15, 0.2) is 0 Å². The number of aromatic nitrogens is 2. The van der Waals surface area contributed by atoms with Crippen molar-refractivity contribution in [1.29, 1.82) is 0 Å². The summed E-state index contributed by atoms with van der Waals surface area (Å²) in [7, 11) is 6.72. The quantitative estimate of drug-likeness (QED) is 0.544. The highest BCUT2D eigenvalue weighted by atomic mass is 16.4. The van der Waals surface area contributed by atoms with Crippen molar-refractivity contribution in [3.8, 4) is 0 Å². The molecule has 8 heteroatoms. The van der Waals surface area contributed by atoms with Gasteiger partial charge in [-0.05, 0) is 36.8 Å². The SMILES string of the molecule is [2H]C([2H])(C(=O)O)c1c(N(C)C)nc(Cc2ccc(NC(=O)c3ccc(C)cc3)cc2)nc1N(C)C. The van der Waals surface area contributed by atoms with Crippen LogP contribution in [0.25, 0.3) is 0 Å². The minimum Gasteiger partial charge on any atom is -0.481 e. The highest BCUT2D eigenvalue weighted by Gasteiger charge is 2.20.